The van der Waals surface area contributed by atoms with Crippen molar-refractivity contribution in [3.63, 3.8) is 0 Å². The van der Waals surface area contributed by atoms with Crippen LogP contribution in [-0.2, 0) is 11.3 Å². The van der Waals surface area contributed by atoms with Gasteiger partial charge in [-0.2, -0.15) is 5.10 Å². The fourth-order valence-electron chi connectivity index (χ4n) is 2.14. The second-order valence-corrected chi connectivity index (χ2v) is 6.67. The number of ether oxygens (including phenoxy) is 1. The highest BCUT2D eigenvalue weighted by molar-refractivity contribution is 5.97. The summed E-state index contributed by atoms with van der Waals surface area (Å²) in [6, 6.07) is 6.70. The Labute approximate surface area is 155 Å². The summed E-state index contributed by atoms with van der Waals surface area (Å²) in [5.74, 6) is -0.0165. The van der Waals surface area contributed by atoms with E-state index in [1.54, 1.807) is 51.2 Å². The Morgan fingerprint density at radius 1 is 1.30 bits per heavy atom. The predicted molar refractivity (Wildman–Crippen MR) is 95.9 cm³/mol. The van der Waals surface area contributed by atoms with Crippen molar-refractivity contribution < 1.29 is 24.6 Å². The standard InChI is InChI=1S/C17H21N5O5/c1-17(2,3)27-16(25)21(15(23)24)9-11-8-19-22(10-11)13-6-4-12(5-7-13)14(18)20-26/h4-8,10,26H,9H2,1-3H3,(H2,18,20)(H,23,24). The number of aromatic nitrogens is 2. The van der Waals surface area contributed by atoms with Crippen LogP contribution in [0.2, 0.25) is 0 Å². The molecule has 0 bridgehead atoms. The van der Waals surface area contributed by atoms with Crippen molar-refractivity contribution in [2.45, 2.75) is 32.9 Å². The number of carbonyl (C=O) groups is 2. The molecule has 4 N–H and O–H groups in total. The van der Waals surface area contributed by atoms with E-state index < -0.39 is 17.8 Å². The Bertz CT molecular complexity index is 851. The first-order valence-corrected chi connectivity index (χ1v) is 7.96. The lowest BCUT2D eigenvalue weighted by Gasteiger charge is -2.24. The third-order valence-electron chi connectivity index (χ3n) is 3.36. The number of imide groups is 1. The lowest BCUT2D eigenvalue weighted by molar-refractivity contribution is 0.0255. The SMILES string of the molecule is CC(C)(C)OC(=O)N(Cc1cnn(-c2ccc(/C(N)=N\O)cc2)c1)C(=O)O. The maximum absolute atomic E-state index is 12.1. The molecule has 0 aliphatic heterocycles. The average molecular weight is 375 g/mol. The molecule has 0 aliphatic carbocycles. The largest absolute Gasteiger partial charge is 0.465 e. The van der Waals surface area contributed by atoms with Gasteiger partial charge < -0.3 is 20.8 Å². The zero-order chi connectivity index (χ0) is 20.2. The van der Waals surface area contributed by atoms with Crippen LogP contribution in [0.15, 0.2) is 41.8 Å². The summed E-state index contributed by atoms with van der Waals surface area (Å²) in [7, 11) is 0. The van der Waals surface area contributed by atoms with E-state index in [2.05, 4.69) is 10.3 Å². The van der Waals surface area contributed by atoms with Crippen molar-refractivity contribution in [2.24, 2.45) is 10.9 Å². The molecule has 1 heterocycles. The number of carbonyl (C=O) groups excluding carboxylic acids is 1. The van der Waals surface area contributed by atoms with E-state index in [-0.39, 0.29) is 12.4 Å². The van der Waals surface area contributed by atoms with E-state index in [9.17, 15) is 14.7 Å². The van der Waals surface area contributed by atoms with Gasteiger partial charge in [-0.25, -0.2) is 19.2 Å². The van der Waals surface area contributed by atoms with Gasteiger partial charge in [-0.3, -0.25) is 0 Å². The number of benzene rings is 1. The number of nitrogens with zero attached hydrogens (tertiary/aromatic N) is 4. The van der Waals surface area contributed by atoms with Crippen LogP contribution in [0.25, 0.3) is 5.69 Å². The molecular formula is C17H21N5O5. The van der Waals surface area contributed by atoms with Crippen LogP contribution >= 0.6 is 0 Å². The highest BCUT2D eigenvalue weighted by Gasteiger charge is 2.27. The quantitative estimate of drug-likeness (QED) is 0.322. The molecule has 0 unspecified atom stereocenters. The monoisotopic (exact) mass is 375 g/mol. The maximum atomic E-state index is 12.1. The van der Waals surface area contributed by atoms with Gasteiger partial charge in [0.1, 0.15) is 5.60 Å². The topological polar surface area (TPSA) is 143 Å². The van der Waals surface area contributed by atoms with E-state index in [0.29, 0.717) is 21.7 Å². The van der Waals surface area contributed by atoms with Gasteiger partial charge in [-0.15, -0.1) is 0 Å². The van der Waals surface area contributed by atoms with Crippen molar-refractivity contribution >= 4 is 18.0 Å². The molecule has 0 atom stereocenters. The molecule has 0 spiro atoms. The first-order valence-electron chi connectivity index (χ1n) is 7.96. The van der Waals surface area contributed by atoms with Gasteiger partial charge in [0.2, 0.25) is 0 Å². The van der Waals surface area contributed by atoms with E-state index >= 15 is 0 Å². The van der Waals surface area contributed by atoms with Crippen LogP contribution in [0.1, 0.15) is 31.9 Å². The van der Waals surface area contributed by atoms with E-state index in [0.717, 1.165) is 0 Å². The molecule has 0 aliphatic rings. The van der Waals surface area contributed by atoms with Crippen molar-refractivity contribution in [3.05, 3.63) is 47.8 Å². The van der Waals surface area contributed by atoms with Gasteiger partial charge in [-0.1, -0.05) is 5.16 Å². The molecule has 0 saturated carbocycles. The van der Waals surface area contributed by atoms with Crippen LogP contribution in [0.4, 0.5) is 9.59 Å². The van der Waals surface area contributed by atoms with Crippen LogP contribution in [0, 0.1) is 0 Å². The Morgan fingerprint density at radius 2 is 1.93 bits per heavy atom. The molecule has 1 aromatic carbocycles. The average Bonchev–Trinajstić information content (AvgIpc) is 3.06. The smallest absolute Gasteiger partial charge is 0.420 e. The second kappa shape index (κ2) is 7.77. The Hall–Kier alpha value is -3.56. The fraction of sp³-hybridized carbons (Fsp3) is 0.294. The van der Waals surface area contributed by atoms with Gasteiger partial charge in [0.05, 0.1) is 18.4 Å². The van der Waals surface area contributed by atoms with Gasteiger partial charge in [0.15, 0.2) is 5.84 Å². The van der Waals surface area contributed by atoms with E-state index in [1.807, 2.05) is 0 Å². The predicted octanol–water partition coefficient (Wildman–Crippen LogP) is 2.38. The van der Waals surface area contributed by atoms with Crippen molar-refractivity contribution in [3.8, 4) is 5.69 Å². The number of amides is 2. The zero-order valence-electron chi connectivity index (χ0n) is 15.2. The van der Waals surface area contributed by atoms with E-state index in [1.165, 1.54) is 10.9 Å². The number of oxime groups is 1. The molecule has 27 heavy (non-hydrogen) atoms. The Morgan fingerprint density at radius 3 is 2.44 bits per heavy atom. The van der Waals surface area contributed by atoms with Crippen molar-refractivity contribution in [2.75, 3.05) is 0 Å². The van der Waals surface area contributed by atoms with Gasteiger partial charge in [0.25, 0.3) is 0 Å². The molecule has 1 aromatic heterocycles. The third-order valence-corrected chi connectivity index (χ3v) is 3.36. The lowest BCUT2D eigenvalue weighted by atomic mass is 10.2. The molecule has 2 amide bonds. The molecule has 0 fully saturated rings. The van der Waals surface area contributed by atoms with Crippen LogP contribution in [0.5, 0.6) is 0 Å². The Balaban J connectivity index is 2.16. The molecule has 10 heteroatoms. The van der Waals surface area contributed by atoms with Crippen LogP contribution < -0.4 is 5.73 Å². The number of amidine groups is 1. The number of hydrogen-bond acceptors (Lipinski definition) is 6. The molecule has 0 saturated heterocycles. The summed E-state index contributed by atoms with van der Waals surface area (Å²) in [5.41, 5.74) is 6.42. The minimum atomic E-state index is -1.42. The second-order valence-electron chi connectivity index (χ2n) is 6.67. The van der Waals surface area contributed by atoms with Crippen LogP contribution in [-0.4, -0.2) is 48.6 Å². The summed E-state index contributed by atoms with van der Waals surface area (Å²) in [5, 5.41) is 25.0. The summed E-state index contributed by atoms with van der Waals surface area (Å²) in [4.78, 5) is 24.0. The number of rotatable bonds is 4. The first kappa shape index (κ1) is 19.8. The number of hydrogen-bond donors (Lipinski definition) is 3. The van der Waals surface area contributed by atoms with Crippen molar-refractivity contribution in [1.29, 1.82) is 0 Å². The van der Waals surface area contributed by atoms with Gasteiger partial charge in [0, 0.05) is 17.3 Å². The highest BCUT2D eigenvalue weighted by atomic mass is 16.6. The third kappa shape index (κ3) is 5.21. The zero-order valence-corrected chi connectivity index (χ0v) is 15.2. The summed E-state index contributed by atoms with van der Waals surface area (Å²) in [6.07, 6.45) is 0.683. The Kier molecular flexibility index (Phi) is 5.69. The maximum Gasteiger partial charge on any atom is 0.420 e. The molecular weight excluding hydrogens is 354 g/mol. The summed E-state index contributed by atoms with van der Waals surface area (Å²) < 4.78 is 6.62. The van der Waals surface area contributed by atoms with Crippen LogP contribution in [0.3, 0.4) is 0 Å². The highest BCUT2D eigenvalue weighted by Crippen LogP contribution is 2.15. The van der Waals surface area contributed by atoms with Gasteiger partial charge in [-0.05, 0) is 45.0 Å². The molecule has 2 rings (SSSR count). The van der Waals surface area contributed by atoms with Gasteiger partial charge >= 0.3 is 12.2 Å². The minimum Gasteiger partial charge on any atom is -0.465 e. The molecule has 2 aromatic rings. The number of nitrogens with two attached hydrogens (primary N) is 1. The minimum absolute atomic E-state index is 0.0165. The summed E-state index contributed by atoms with van der Waals surface area (Å²) >= 11 is 0. The van der Waals surface area contributed by atoms with E-state index in [4.69, 9.17) is 15.7 Å². The molecule has 10 nitrogen and oxygen atoms in total. The summed E-state index contributed by atoms with van der Waals surface area (Å²) in [6.45, 7) is 4.76. The normalized spacial score (nSPS) is 11.9. The lowest BCUT2D eigenvalue weighted by Crippen LogP contribution is -2.39. The first-order chi connectivity index (χ1) is 12.6. The number of carboxylic acid groups (broad SMARTS) is 1. The van der Waals surface area contributed by atoms with Crippen molar-refractivity contribution in [1.82, 2.24) is 14.7 Å². The molecule has 144 valence electrons. The fourth-order valence-corrected chi connectivity index (χ4v) is 2.14. The molecule has 0 radical (unpaired) electrons.